The van der Waals surface area contributed by atoms with Crippen molar-refractivity contribution in [2.45, 2.75) is 65.1 Å². The predicted octanol–water partition coefficient (Wildman–Crippen LogP) is 3.32. The molecule has 0 unspecified atom stereocenters. The number of imide groups is 1. The molecule has 6 nitrogen and oxygen atoms in total. The van der Waals surface area contributed by atoms with Crippen molar-refractivity contribution in [2.75, 3.05) is 32.8 Å². The first-order valence-electron chi connectivity index (χ1n) is 13.7. The maximum Gasteiger partial charge on any atom is 0.261 e. The quantitative estimate of drug-likeness (QED) is 0.581. The normalized spacial score (nSPS) is 28.9. The maximum absolute atomic E-state index is 13.2. The Bertz CT molecular complexity index is 1070. The standard InChI is InChI=1S/C30H40N2O4/c1-20-14-24(16-30(2,3)15-20)36-19-23(33)18-31-12-10-21(11-13-31)17-32-28(34)25-8-4-6-22-7-5-9-26(27(22)25)29(32)35/h4-9,20-21,23-24,33H,10-19H2,1-3H3/p+1/t20-,23+,24+/m0/s1. The van der Waals surface area contributed by atoms with Crippen LogP contribution >= 0.6 is 0 Å². The molecule has 2 heterocycles. The van der Waals surface area contributed by atoms with Crippen molar-refractivity contribution in [1.29, 1.82) is 0 Å². The van der Waals surface area contributed by atoms with Crippen LogP contribution in [0.25, 0.3) is 10.8 Å². The SMILES string of the molecule is C[C@H]1C[C@@H](OC[C@H](O)C[NH+]2CCC(CN3C(=O)c4cccc5cccc(c45)C3=O)CC2)CC(C)(C)C1. The molecule has 0 bridgehead atoms. The Morgan fingerprint density at radius 1 is 1.06 bits per heavy atom. The molecule has 0 spiro atoms. The van der Waals surface area contributed by atoms with Gasteiger partial charge in [0.1, 0.15) is 12.6 Å². The largest absolute Gasteiger partial charge is 0.385 e. The van der Waals surface area contributed by atoms with E-state index in [-0.39, 0.29) is 17.9 Å². The van der Waals surface area contributed by atoms with E-state index in [4.69, 9.17) is 4.74 Å². The van der Waals surface area contributed by atoms with Crippen LogP contribution in [-0.4, -0.2) is 66.8 Å². The molecule has 2 aliphatic heterocycles. The number of carbonyl (C=O) groups is 2. The molecule has 3 aliphatic rings. The lowest BCUT2D eigenvalue weighted by Crippen LogP contribution is -3.14. The van der Waals surface area contributed by atoms with Crippen LogP contribution in [0, 0.1) is 17.3 Å². The molecule has 6 heteroatoms. The summed E-state index contributed by atoms with van der Waals surface area (Å²) in [5, 5.41) is 12.4. The summed E-state index contributed by atoms with van der Waals surface area (Å²) in [4.78, 5) is 29.3. The van der Waals surface area contributed by atoms with Crippen LogP contribution in [0.15, 0.2) is 36.4 Å². The van der Waals surface area contributed by atoms with Gasteiger partial charge in [-0.1, -0.05) is 45.0 Å². The number of carbonyl (C=O) groups excluding carboxylic acids is 2. The zero-order valence-electron chi connectivity index (χ0n) is 22.0. The lowest BCUT2D eigenvalue weighted by Gasteiger charge is -2.39. The minimum atomic E-state index is -0.459. The summed E-state index contributed by atoms with van der Waals surface area (Å²) >= 11 is 0. The van der Waals surface area contributed by atoms with Gasteiger partial charge < -0.3 is 14.7 Å². The average molecular weight is 494 g/mol. The second kappa shape index (κ2) is 10.2. The molecular weight excluding hydrogens is 452 g/mol. The van der Waals surface area contributed by atoms with Crippen molar-refractivity contribution in [3.63, 3.8) is 0 Å². The Morgan fingerprint density at radius 3 is 2.31 bits per heavy atom. The minimum Gasteiger partial charge on any atom is -0.385 e. The van der Waals surface area contributed by atoms with Crippen LogP contribution in [0.1, 0.15) is 73.6 Å². The van der Waals surface area contributed by atoms with Crippen molar-refractivity contribution in [3.05, 3.63) is 47.5 Å². The number of hydrogen-bond acceptors (Lipinski definition) is 4. The molecule has 194 valence electrons. The van der Waals surface area contributed by atoms with Crippen molar-refractivity contribution in [1.82, 2.24) is 4.90 Å². The second-order valence-corrected chi connectivity index (χ2v) is 12.4. The molecule has 2 aromatic rings. The van der Waals surface area contributed by atoms with E-state index in [0.717, 1.165) is 49.5 Å². The van der Waals surface area contributed by atoms with Gasteiger partial charge in [0.15, 0.2) is 0 Å². The Hall–Kier alpha value is -2.28. The second-order valence-electron chi connectivity index (χ2n) is 12.4. The van der Waals surface area contributed by atoms with E-state index >= 15 is 0 Å². The Kier molecular flexibility index (Phi) is 7.21. The van der Waals surface area contributed by atoms with Crippen LogP contribution in [0.2, 0.25) is 0 Å². The Labute approximate surface area is 214 Å². The fourth-order valence-electron chi connectivity index (χ4n) is 7.00. The highest BCUT2D eigenvalue weighted by Gasteiger charge is 2.36. The van der Waals surface area contributed by atoms with Crippen molar-refractivity contribution in [2.24, 2.45) is 17.3 Å². The van der Waals surface area contributed by atoms with Gasteiger partial charge in [0, 0.05) is 35.9 Å². The summed E-state index contributed by atoms with van der Waals surface area (Å²) in [6, 6.07) is 11.3. The fraction of sp³-hybridized carbons (Fsp3) is 0.600. The monoisotopic (exact) mass is 493 g/mol. The van der Waals surface area contributed by atoms with E-state index in [1.54, 1.807) is 0 Å². The van der Waals surface area contributed by atoms with Crippen LogP contribution in [-0.2, 0) is 4.74 Å². The number of rotatable bonds is 7. The summed E-state index contributed by atoms with van der Waals surface area (Å²) in [5.74, 6) is 0.616. The molecule has 0 radical (unpaired) electrons. The van der Waals surface area contributed by atoms with Gasteiger partial charge in [-0.2, -0.15) is 0 Å². The topological polar surface area (TPSA) is 71.3 Å². The van der Waals surface area contributed by atoms with Crippen LogP contribution in [0.5, 0.6) is 0 Å². The van der Waals surface area contributed by atoms with Gasteiger partial charge in [0.2, 0.25) is 0 Å². The lowest BCUT2D eigenvalue weighted by atomic mass is 9.71. The molecule has 3 atom stereocenters. The molecule has 2 N–H and O–H groups in total. The number of nitrogens with one attached hydrogen (secondary N) is 1. The van der Waals surface area contributed by atoms with Gasteiger partial charge in [-0.05, 0) is 54.0 Å². The predicted molar refractivity (Wildman–Crippen MR) is 140 cm³/mol. The highest BCUT2D eigenvalue weighted by atomic mass is 16.5. The van der Waals surface area contributed by atoms with Crippen molar-refractivity contribution < 1.29 is 24.3 Å². The number of aliphatic hydroxyl groups excluding tert-OH is 1. The first kappa shape index (κ1) is 25.4. The molecule has 2 amide bonds. The molecule has 1 saturated heterocycles. The number of benzene rings is 2. The summed E-state index contributed by atoms with van der Waals surface area (Å²) in [5.41, 5.74) is 1.57. The van der Waals surface area contributed by atoms with Gasteiger partial charge in [-0.15, -0.1) is 0 Å². The van der Waals surface area contributed by atoms with E-state index in [1.807, 2.05) is 36.4 Å². The van der Waals surface area contributed by atoms with Crippen LogP contribution < -0.4 is 4.90 Å². The number of ether oxygens (including phenoxy) is 1. The van der Waals surface area contributed by atoms with E-state index in [0.29, 0.717) is 48.1 Å². The third-order valence-corrected chi connectivity index (χ3v) is 8.50. The molecule has 36 heavy (non-hydrogen) atoms. The number of likely N-dealkylation sites (tertiary alicyclic amines) is 1. The Balaban J connectivity index is 1.11. The van der Waals surface area contributed by atoms with Crippen LogP contribution in [0.3, 0.4) is 0 Å². The van der Waals surface area contributed by atoms with Gasteiger partial charge >= 0.3 is 0 Å². The summed E-state index contributed by atoms with van der Waals surface area (Å²) in [6.45, 7) is 10.4. The van der Waals surface area contributed by atoms with Crippen molar-refractivity contribution >= 4 is 22.6 Å². The number of piperidine rings is 1. The number of aliphatic hydroxyl groups is 1. The average Bonchev–Trinajstić information content (AvgIpc) is 2.83. The zero-order chi connectivity index (χ0) is 25.4. The summed E-state index contributed by atoms with van der Waals surface area (Å²) < 4.78 is 6.15. The van der Waals surface area contributed by atoms with E-state index < -0.39 is 6.10 Å². The highest BCUT2D eigenvalue weighted by Crippen LogP contribution is 2.39. The summed E-state index contributed by atoms with van der Waals surface area (Å²) in [7, 11) is 0. The first-order chi connectivity index (χ1) is 17.2. The minimum absolute atomic E-state index is 0.174. The number of nitrogens with zero attached hydrogens (tertiary/aromatic N) is 1. The number of amides is 2. The van der Waals surface area contributed by atoms with Gasteiger partial charge in [-0.25, -0.2) is 0 Å². The zero-order valence-corrected chi connectivity index (χ0v) is 22.0. The third kappa shape index (κ3) is 5.36. The van der Waals surface area contributed by atoms with Crippen molar-refractivity contribution in [3.8, 4) is 0 Å². The molecular formula is C30H41N2O4+. The van der Waals surface area contributed by atoms with E-state index in [2.05, 4.69) is 20.8 Å². The van der Waals surface area contributed by atoms with Gasteiger partial charge in [0.05, 0.1) is 25.8 Å². The molecule has 2 aromatic carbocycles. The van der Waals surface area contributed by atoms with Crippen LogP contribution in [0.4, 0.5) is 0 Å². The number of hydrogen-bond donors (Lipinski definition) is 2. The fourth-order valence-corrected chi connectivity index (χ4v) is 7.00. The smallest absolute Gasteiger partial charge is 0.261 e. The molecule has 0 aromatic heterocycles. The lowest BCUT2D eigenvalue weighted by molar-refractivity contribution is -0.909. The summed E-state index contributed by atoms with van der Waals surface area (Å²) in [6.07, 6.45) is 5.07. The van der Waals surface area contributed by atoms with Gasteiger partial charge in [0.25, 0.3) is 11.8 Å². The number of quaternary nitrogens is 1. The van der Waals surface area contributed by atoms with Gasteiger partial charge in [-0.3, -0.25) is 14.5 Å². The molecule has 1 aliphatic carbocycles. The maximum atomic E-state index is 13.2. The first-order valence-corrected chi connectivity index (χ1v) is 13.7. The van der Waals surface area contributed by atoms with E-state index in [1.165, 1.54) is 16.2 Å². The molecule has 5 rings (SSSR count). The molecule has 1 saturated carbocycles. The Morgan fingerprint density at radius 2 is 1.69 bits per heavy atom. The van der Waals surface area contributed by atoms with E-state index in [9.17, 15) is 14.7 Å². The third-order valence-electron chi connectivity index (χ3n) is 8.50. The highest BCUT2D eigenvalue weighted by molar-refractivity contribution is 6.25. The molecule has 2 fully saturated rings.